The fourth-order valence-electron chi connectivity index (χ4n) is 1.45. The lowest BCUT2D eigenvalue weighted by Crippen LogP contribution is -2.12. The summed E-state index contributed by atoms with van der Waals surface area (Å²) in [6.07, 6.45) is -1.17. The van der Waals surface area contributed by atoms with E-state index in [9.17, 15) is 15.2 Å². The molecule has 15 heavy (non-hydrogen) atoms. The molecule has 1 aromatic carbocycles. The minimum Gasteiger partial charge on any atom is -0.454 e. The average molecular weight is 211 g/mol. The summed E-state index contributed by atoms with van der Waals surface area (Å²) in [5.74, 6) is 0.904. The summed E-state index contributed by atoms with van der Waals surface area (Å²) in [6, 6.07) is 4.93. The Balaban J connectivity index is 2.28. The third-order valence-corrected chi connectivity index (χ3v) is 2.11. The van der Waals surface area contributed by atoms with Gasteiger partial charge in [-0.2, -0.15) is 0 Å². The van der Waals surface area contributed by atoms with Crippen molar-refractivity contribution in [3.8, 4) is 11.5 Å². The molecular weight excluding hydrogens is 202 g/mol. The second kappa shape index (κ2) is 3.74. The molecule has 0 saturated carbocycles. The Morgan fingerprint density at radius 2 is 2.33 bits per heavy atom. The van der Waals surface area contributed by atoms with E-state index in [2.05, 4.69) is 0 Å². The predicted molar refractivity (Wildman–Crippen MR) is 49.4 cm³/mol. The van der Waals surface area contributed by atoms with Crippen molar-refractivity contribution in [2.24, 2.45) is 0 Å². The molecule has 0 aliphatic carbocycles. The zero-order chi connectivity index (χ0) is 10.8. The quantitative estimate of drug-likeness (QED) is 0.588. The maximum absolute atomic E-state index is 10.3. The van der Waals surface area contributed by atoms with Crippen molar-refractivity contribution in [1.29, 1.82) is 0 Å². The Labute approximate surface area is 85.2 Å². The largest absolute Gasteiger partial charge is 0.454 e. The van der Waals surface area contributed by atoms with Crippen LogP contribution in [0.15, 0.2) is 18.2 Å². The van der Waals surface area contributed by atoms with E-state index in [1.165, 1.54) is 0 Å². The van der Waals surface area contributed by atoms with Crippen molar-refractivity contribution in [2.75, 3.05) is 13.3 Å². The molecule has 6 heteroatoms. The van der Waals surface area contributed by atoms with Crippen molar-refractivity contribution in [3.05, 3.63) is 33.9 Å². The van der Waals surface area contributed by atoms with E-state index in [1.54, 1.807) is 18.2 Å². The highest BCUT2D eigenvalue weighted by atomic mass is 16.7. The Morgan fingerprint density at radius 3 is 3.07 bits per heavy atom. The van der Waals surface area contributed by atoms with Gasteiger partial charge in [0.25, 0.3) is 0 Å². The van der Waals surface area contributed by atoms with Gasteiger partial charge in [-0.05, 0) is 6.07 Å². The standard InChI is InChI=1S/C9H9NO5/c11-7(4-10(12)13)6-2-1-3-8-9(6)15-5-14-8/h1-3,7,11H,4-5H2. The minimum atomic E-state index is -1.17. The lowest BCUT2D eigenvalue weighted by atomic mass is 10.1. The van der Waals surface area contributed by atoms with E-state index in [0.29, 0.717) is 17.1 Å². The van der Waals surface area contributed by atoms with Crippen molar-refractivity contribution >= 4 is 0 Å². The maximum atomic E-state index is 10.3. The van der Waals surface area contributed by atoms with E-state index in [4.69, 9.17) is 9.47 Å². The number of hydrogen-bond donors (Lipinski definition) is 1. The molecule has 0 bridgehead atoms. The molecular formula is C9H9NO5. The van der Waals surface area contributed by atoms with E-state index >= 15 is 0 Å². The molecule has 0 saturated heterocycles. The van der Waals surface area contributed by atoms with E-state index in [-0.39, 0.29) is 6.79 Å². The predicted octanol–water partition coefficient (Wildman–Crippen LogP) is 0.725. The molecule has 6 nitrogen and oxygen atoms in total. The highest BCUT2D eigenvalue weighted by Crippen LogP contribution is 2.38. The topological polar surface area (TPSA) is 81.8 Å². The van der Waals surface area contributed by atoms with Crippen LogP contribution < -0.4 is 9.47 Å². The van der Waals surface area contributed by atoms with Crippen LogP contribution in [-0.2, 0) is 0 Å². The average Bonchev–Trinajstić information content (AvgIpc) is 2.63. The Morgan fingerprint density at radius 1 is 1.53 bits per heavy atom. The van der Waals surface area contributed by atoms with Crippen LogP contribution in [0, 0.1) is 10.1 Å². The first kappa shape index (κ1) is 9.72. The van der Waals surface area contributed by atoms with Crippen LogP contribution in [0.4, 0.5) is 0 Å². The lowest BCUT2D eigenvalue weighted by molar-refractivity contribution is -0.491. The number of aliphatic hydroxyl groups excluding tert-OH is 1. The lowest BCUT2D eigenvalue weighted by Gasteiger charge is -2.08. The second-order valence-electron chi connectivity index (χ2n) is 3.11. The number of ether oxygens (including phenoxy) is 2. The Hall–Kier alpha value is -1.82. The number of rotatable bonds is 3. The smallest absolute Gasteiger partial charge is 0.233 e. The summed E-state index contributed by atoms with van der Waals surface area (Å²) in [5.41, 5.74) is 0.390. The molecule has 0 radical (unpaired) electrons. The molecule has 0 spiro atoms. The van der Waals surface area contributed by atoms with Gasteiger partial charge < -0.3 is 14.6 Å². The van der Waals surface area contributed by atoms with Gasteiger partial charge in [0.1, 0.15) is 6.10 Å². The van der Waals surface area contributed by atoms with Gasteiger partial charge >= 0.3 is 0 Å². The van der Waals surface area contributed by atoms with E-state index < -0.39 is 17.6 Å². The van der Waals surface area contributed by atoms with Crippen molar-refractivity contribution in [2.45, 2.75) is 6.10 Å². The van der Waals surface area contributed by atoms with Crippen LogP contribution >= 0.6 is 0 Å². The summed E-state index contributed by atoms with van der Waals surface area (Å²) in [4.78, 5) is 9.69. The normalized spacial score (nSPS) is 15.0. The highest BCUT2D eigenvalue weighted by Gasteiger charge is 2.24. The van der Waals surface area contributed by atoms with E-state index in [0.717, 1.165) is 0 Å². The zero-order valence-corrected chi connectivity index (χ0v) is 7.75. The first-order valence-electron chi connectivity index (χ1n) is 4.37. The molecule has 1 unspecified atom stereocenters. The third kappa shape index (κ3) is 1.84. The Kier molecular flexibility index (Phi) is 2.42. The number of para-hydroxylation sites is 1. The minimum absolute atomic E-state index is 0.0809. The van der Waals surface area contributed by atoms with Gasteiger partial charge in [0.05, 0.1) is 0 Å². The number of fused-ring (bicyclic) bond motifs is 1. The molecule has 1 heterocycles. The van der Waals surface area contributed by atoms with Crippen LogP contribution in [-0.4, -0.2) is 23.4 Å². The third-order valence-electron chi connectivity index (χ3n) is 2.11. The first-order valence-corrected chi connectivity index (χ1v) is 4.37. The van der Waals surface area contributed by atoms with Crippen molar-refractivity contribution < 1.29 is 19.5 Å². The fourth-order valence-corrected chi connectivity index (χ4v) is 1.45. The van der Waals surface area contributed by atoms with Gasteiger partial charge in [-0.1, -0.05) is 12.1 Å². The zero-order valence-electron chi connectivity index (χ0n) is 7.75. The van der Waals surface area contributed by atoms with Gasteiger partial charge in [-0.25, -0.2) is 0 Å². The molecule has 1 atom stereocenters. The summed E-state index contributed by atoms with van der Waals surface area (Å²) < 4.78 is 10.2. The molecule has 2 rings (SSSR count). The number of hydrogen-bond acceptors (Lipinski definition) is 5. The van der Waals surface area contributed by atoms with Gasteiger partial charge in [0, 0.05) is 10.5 Å². The van der Waals surface area contributed by atoms with Gasteiger partial charge in [0.2, 0.25) is 13.3 Å². The molecule has 1 aliphatic rings. The highest BCUT2D eigenvalue weighted by molar-refractivity contribution is 5.49. The summed E-state index contributed by atoms with van der Waals surface area (Å²) >= 11 is 0. The second-order valence-corrected chi connectivity index (χ2v) is 3.11. The summed E-state index contributed by atoms with van der Waals surface area (Å²) in [7, 11) is 0. The molecule has 0 aromatic heterocycles. The van der Waals surface area contributed by atoms with Crippen molar-refractivity contribution in [1.82, 2.24) is 0 Å². The van der Waals surface area contributed by atoms with Crippen molar-refractivity contribution in [3.63, 3.8) is 0 Å². The van der Waals surface area contributed by atoms with Crippen LogP contribution in [0.2, 0.25) is 0 Å². The van der Waals surface area contributed by atoms with Gasteiger partial charge in [-0.15, -0.1) is 0 Å². The summed E-state index contributed by atoms with van der Waals surface area (Å²) in [5, 5.41) is 19.8. The molecule has 1 aliphatic heterocycles. The number of aliphatic hydroxyl groups is 1. The van der Waals surface area contributed by atoms with Crippen LogP contribution in [0.3, 0.4) is 0 Å². The SMILES string of the molecule is O=[N+]([O-])CC(O)c1cccc2c1OCO2. The molecule has 0 fully saturated rings. The van der Waals surface area contributed by atoms with Gasteiger partial charge in [-0.3, -0.25) is 10.1 Å². The maximum Gasteiger partial charge on any atom is 0.233 e. The monoisotopic (exact) mass is 211 g/mol. The van der Waals surface area contributed by atoms with Crippen LogP contribution in [0.5, 0.6) is 11.5 Å². The van der Waals surface area contributed by atoms with Crippen LogP contribution in [0.1, 0.15) is 11.7 Å². The Bertz CT molecular complexity index is 392. The fraction of sp³-hybridized carbons (Fsp3) is 0.333. The first-order chi connectivity index (χ1) is 7.18. The van der Waals surface area contributed by atoms with E-state index in [1.807, 2.05) is 0 Å². The summed E-state index contributed by atoms with van der Waals surface area (Å²) in [6.45, 7) is -0.461. The molecule has 1 aromatic rings. The van der Waals surface area contributed by atoms with Crippen LogP contribution in [0.25, 0.3) is 0 Å². The number of nitro groups is 1. The molecule has 80 valence electrons. The molecule has 0 amide bonds. The van der Waals surface area contributed by atoms with Gasteiger partial charge in [0.15, 0.2) is 11.5 Å². The number of benzene rings is 1. The number of nitrogens with zero attached hydrogens (tertiary/aromatic N) is 1. The molecule has 1 N–H and O–H groups in total.